The Hall–Kier alpha value is -7.62. The molecule has 0 atom stereocenters. The van der Waals surface area contributed by atoms with E-state index in [0.717, 1.165) is 61.4 Å². The lowest BCUT2D eigenvalue weighted by molar-refractivity contribution is 0.669. The molecule has 0 bridgehead atoms. The molecule has 3 heteroatoms. The van der Waals surface area contributed by atoms with E-state index in [2.05, 4.69) is 216 Å². The van der Waals surface area contributed by atoms with E-state index in [0.29, 0.717) is 0 Å². The van der Waals surface area contributed by atoms with Crippen LogP contribution in [0.3, 0.4) is 0 Å². The Morgan fingerprint density at radius 2 is 0.895 bits per heavy atom. The Balaban J connectivity index is 1.11. The summed E-state index contributed by atoms with van der Waals surface area (Å²) < 4.78 is 8.79. The van der Waals surface area contributed by atoms with Crippen LogP contribution in [-0.4, -0.2) is 4.57 Å². The molecule has 0 unspecified atom stereocenters. The third-order valence-corrected chi connectivity index (χ3v) is 11.2. The highest BCUT2D eigenvalue weighted by molar-refractivity contribution is 6.09. The molecule has 0 aliphatic carbocycles. The van der Waals surface area contributed by atoms with Crippen molar-refractivity contribution in [2.75, 3.05) is 4.90 Å². The van der Waals surface area contributed by atoms with E-state index in [-0.39, 0.29) is 0 Å². The van der Waals surface area contributed by atoms with Gasteiger partial charge in [0.05, 0.1) is 16.7 Å². The zero-order chi connectivity index (χ0) is 37.7. The van der Waals surface area contributed by atoms with Crippen molar-refractivity contribution in [3.63, 3.8) is 0 Å². The van der Waals surface area contributed by atoms with Crippen LogP contribution in [0.25, 0.3) is 82.8 Å². The fraction of sp³-hybridized carbons (Fsp3) is 0. The maximum Gasteiger partial charge on any atom is 0.136 e. The van der Waals surface area contributed by atoms with Crippen LogP contribution in [0.1, 0.15) is 0 Å². The monoisotopic (exact) mass is 728 g/mol. The number of anilines is 3. The van der Waals surface area contributed by atoms with Gasteiger partial charge in [-0.3, -0.25) is 0 Å². The van der Waals surface area contributed by atoms with Gasteiger partial charge in [0, 0.05) is 44.2 Å². The summed E-state index contributed by atoms with van der Waals surface area (Å²) >= 11 is 0. The molecule has 0 amide bonds. The van der Waals surface area contributed by atoms with Gasteiger partial charge in [-0.1, -0.05) is 146 Å². The Labute approximate surface area is 330 Å². The molecule has 57 heavy (non-hydrogen) atoms. The van der Waals surface area contributed by atoms with Crippen molar-refractivity contribution in [3.8, 4) is 39.1 Å². The van der Waals surface area contributed by atoms with E-state index < -0.39 is 0 Å². The van der Waals surface area contributed by atoms with Crippen molar-refractivity contribution in [1.82, 2.24) is 4.57 Å². The average Bonchev–Trinajstić information content (AvgIpc) is 3.83. The number of furan rings is 1. The van der Waals surface area contributed by atoms with Crippen molar-refractivity contribution < 1.29 is 4.42 Å². The minimum Gasteiger partial charge on any atom is -0.456 e. The van der Waals surface area contributed by atoms with Crippen molar-refractivity contribution >= 4 is 60.8 Å². The lowest BCUT2D eigenvalue weighted by Gasteiger charge is -2.29. The second-order valence-electron chi connectivity index (χ2n) is 14.5. The van der Waals surface area contributed by atoms with Crippen LogP contribution in [0, 0.1) is 0 Å². The summed E-state index contributed by atoms with van der Waals surface area (Å²) in [7, 11) is 0. The summed E-state index contributed by atoms with van der Waals surface area (Å²) in [6, 6.07) is 78.2. The first-order chi connectivity index (χ1) is 28.3. The highest BCUT2D eigenvalue weighted by Gasteiger charge is 2.20. The van der Waals surface area contributed by atoms with E-state index in [1.54, 1.807) is 0 Å². The van der Waals surface area contributed by atoms with Gasteiger partial charge in [0.2, 0.25) is 0 Å². The number of hydrogen-bond acceptors (Lipinski definition) is 2. The van der Waals surface area contributed by atoms with Gasteiger partial charge in [-0.2, -0.15) is 0 Å². The van der Waals surface area contributed by atoms with E-state index in [9.17, 15) is 0 Å². The number of hydrogen-bond donors (Lipinski definition) is 0. The van der Waals surface area contributed by atoms with Gasteiger partial charge in [-0.15, -0.1) is 0 Å². The van der Waals surface area contributed by atoms with Gasteiger partial charge >= 0.3 is 0 Å². The first-order valence-electron chi connectivity index (χ1n) is 19.4. The number of benzene rings is 9. The van der Waals surface area contributed by atoms with Crippen molar-refractivity contribution in [3.05, 3.63) is 218 Å². The van der Waals surface area contributed by atoms with Crippen LogP contribution in [-0.2, 0) is 0 Å². The second kappa shape index (κ2) is 13.6. The molecule has 0 fully saturated rings. The Morgan fingerprint density at radius 3 is 1.68 bits per heavy atom. The third-order valence-electron chi connectivity index (χ3n) is 11.2. The van der Waals surface area contributed by atoms with Gasteiger partial charge in [-0.05, 0) is 101 Å². The van der Waals surface area contributed by atoms with Crippen LogP contribution in [0.15, 0.2) is 223 Å². The predicted molar refractivity (Wildman–Crippen MR) is 239 cm³/mol. The maximum absolute atomic E-state index is 6.40. The van der Waals surface area contributed by atoms with Crippen LogP contribution in [0.2, 0.25) is 0 Å². The molecule has 2 heterocycles. The molecule has 11 rings (SSSR count). The number of fused-ring (bicyclic) bond motifs is 6. The molecule has 0 radical (unpaired) electrons. The summed E-state index contributed by atoms with van der Waals surface area (Å²) in [5, 5.41) is 4.73. The minimum atomic E-state index is 0.878. The minimum absolute atomic E-state index is 0.878. The molecule has 0 saturated heterocycles. The summed E-state index contributed by atoms with van der Waals surface area (Å²) in [6.07, 6.45) is 0. The van der Waals surface area contributed by atoms with Crippen LogP contribution in [0.4, 0.5) is 17.1 Å². The summed E-state index contributed by atoms with van der Waals surface area (Å²) in [4.78, 5) is 2.40. The van der Waals surface area contributed by atoms with Gasteiger partial charge < -0.3 is 13.9 Å². The van der Waals surface area contributed by atoms with Crippen LogP contribution < -0.4 is 4.90 Å². The normalized spacial score (nSPS) is 11.5. The largest absolute Gasteiger partial charge is 0.456 e. The van der Waals surface area contributed by atoms with Crippen molar-refractivity contribution in [2.45, 2.75) is 0 Å². The highest BCUT2D eigenvalue weighted by Crippen LogP contribution is 2.44. The number of nitrogens with zero attached hydrogens (tertiary/aromatic N) is 2. The Morgan fingerprint density at radius 1 is 0.333 bits per heavy atom. The quantitative estimate of drug-likeness (QED) is 0.163. The fourth-order valence-electron chi connectivity index (χ4n) is 8.54. The Bertz CT molecular complexity index is 3210. The molecular formula is C54H36N2O. The predicted octanol–water partition coefficient (Wildman–Crippen LogP) is 15.2. The summed E-state index contributed by atoms with van der Waals surface area (Å²) in [6.45, 7) is 0. The highest BCUT2D eigenvalue weighted by atomic mass is 16.3. The lowest BCUT2D eigenvalue weighted by atomic mass is 9.98. The summed E-state index contributed by atoms with van der Waals surface area (Å²) in [5.74, 6) is 0. The van der Waals surface area contributed by atoms with E-state index in [4.69, 9.17) is 4.42 Å². The number of para-hydroxylation sites is 4. The maximum atomic E-state index is 6.40. The Kier molecular flexibility index (Phi) is 7.82. The molecule has 9 aromatic carbocycles. The van der Waals surface area contributed by atoms with Crippen molar-refractivity contribution in [2.24, 2.45) is 0 Å². The van der Waals surface area contributed by atoms with E-state index in [1.807, 2.05) is 12.1 Å². The molecular weight excluding hydrogens is 693 g/mol. The fourth-order valence-corrected chi connectivity index (χ4v) is 8.54. The molecule has 268 valence electrons. The topological polar surface area (TPSA) is 21.3 Å². The lowest BCUT2D eigenvalue weighted by Crippen LogP contribution is -2.12. The van der Waals surface area contributed by atoms with E-state index >= 15 is 0 Å². The molecule has 0 aliphatic rings. The second-order valence-corrected chi connectivity index (χ2v) is 14.5. The van der Waals surface area contributed by atoms with Crippen LogP contribution >= 0.6 is 0 Å². The molecule has 3 nitrogen and oxygen atoms in total. The van der Waals surface area contributed by atoms with E-state index in [1.165, 1.54) is 38.5 Å². The molecule has 2 aromatic heterocycles. The number of rotatable bonds is 7. The molecule has 0 spiro atoms. The van der Waals surface area contributed by atoms with Gasteiger partial charge in [0.15, 0.2) is 0 Å². The molecule has 0 saturated carbocycles. The van der Waals surface area contributed by atoms with Crippen LogP contribution in [0.5, 0.6) is 0 Å². The first-order valence-corrected chi connectivity index (χ1v) is 19.4. The number of aromatic nitrogens is 1. The molecule has 11 aromatic rings. The molecule has 0 aliphatic heterocycles. The van der Waals surface area contributed by atoms with Gasteiger partial charge in [0.1, 0.15) is 11.2 Å². The zero-order valence-corrected chi connectivity index (χ0v) is 31.1. The third kappa shape index (κ3) is 5.68. The summed E-state index contributed by atoms with van der Waals surface area (Å²) in [5.41, 5.74) is 15.3. The van der Waals surface area contributed by atoms with Gasteiger partial charge in [0.25, 0.3) is 0 Å². The molecule has 0 N–H and O–H groups in total. The zero-order valence-electron chi connectivity index (χ0n) is 31.1. The average molecular weight is 729 g/mol. The van der Waals surface area contributed by atoms with Gasteiger partial charge in [-0.25, -0.2) is 0 Å². The first kappa shape index (κ1) is 32.8. The van der Waals surface area contributed by atoms with Crippen molar-refractivity contribution in [1.29, 1.82) is 0 Å². The SMILES string of the molecule is c1ccc(-c2cccc(-c3cccc(N(c4cccc(-n5c6ccccc6c6ccccc65)c4)c4ccccc4-c4ccc5c(c4)oc4ccccc45)c3)c2)cc1. The standard InChI is InChI=1S/C54H36N2O/c1-2-15-37(16-3-1)38-17-12-18-39(33-38)40-19-13-20-42(34-40)55(43-21-14-22-44(36-43)56-51-28-9-5-24-46(51)47-25-6-10-29-52(47)56)50-27-8-4-23-45(50)41-31-32-49-48-26-7-11-30-53(48)57-54(49)35-41/h1-36H. The smallest absolute Gasteiger partial charge is 0.136 e.